The summed E-state index contributed by atoms with van der Waals surface area (Å²) in [6, 6.07) is 16.8. The lowest BCUT2D eigenvalue weighted by atomic mass is 10.1. The molecule has 0 aliphatic heterocycles. The van der Waals surface area contributed by atoms with E-state index in [4.69, 9.17) is 18.0 Å². The number of nitrogens with two attached hydrogens (primary N) is 1. The molecule has 0 bridgehead atoms. The van der Waals surface area contributed by atoms with E-state index < -0.39 is 0 Å². The Balaban J connectivity index is 1.97. The van der Waals surface area contributed by atoms with Crippen molar-refractivity contribution in [1.82, 2.24) is 9.99 Å². The van der Waals surface area contributed by atoms with Crippen molar-refractivity contribution in [2.45, 2.75) is 13.5 Å². The number of hydrogen-bond acceptors (Lipinski definition) is 2. The van der Waals surface area contributed by atoms with Crippen LogP contribution < -0.4 is 11.2 Å². The Morgan fingerprint density at radius 2 is 2.09 bits per heavy atom. The molecule has 3 aromatic rings. The molecule has 0 aliphatic carbocycles. The molecule has 4 nitrogen and oxygen atoms in total. The Bertz CT molecular complexity index is 880. The number of thiocarbonyl (C=S) groups is 1. The zero-order valence-electron chi connectivity index (χ0n) is 12.9. The normalized spacial score (nSPS) is 11.2. The summed E-state index contributed by atoms with van der Waals surface area (Å²) < 4.78 is 2.23. The minimum absolute atomic E-state index is 0.157. The van der Waals surface area contributed by atoms with Crippen molar-refractivity contribution >= 4 is 34.4 Å². The van der Waals surface area contributed by atoms with Gasteiger partial charge in [0.15, 0.2) is 5.11 Å². The van der Waals surface area contributed by atoms with E-state index in [2.05, 4.69) is 64.6 Å². The molecule has 3 rings (SSSR count). The van der Waals surface area contributed by atoms with Gasteiger partial charge in [-0.25, -0.2) is 0 Å². The standard InChI is InChI=1S/C18H18N4S/c1-13-5-4-6-14(9-13)11-22-12-15(10-20-21-18(19)23)16-7-2-3-8-17(16)22/h2-10,12H,11H2,1H3,(H3,19,21,23). The highest BCUT2D eigenvalue weighted by Gasteiger charge is 2.07. The highest BCUT2D eigenvalue weighted by Crippen LogP contribution is 2.21. The maximum atomic E-state index is 5.39. The van der Waals surface area contributed by atoms with Gasteiger partial charge in [-0.2, -0.15) is 5.10 Å². The SMILES string of the molecule is Cc1cccc(Cn2cc(C=NNC(N)=S)c3ccccc32)c1. The van der Waals surface area contributed by atoms with Gasteiger partial charge in [-0.1, -0.05) is 48.0 Å². The monoisotopic (exact) mass is 322 g/mol. The van der Waals surface area contributed by atoms with E-state index >= 15 is 0 Å². The lowest BCUT2D eigenvalue weighted by molar-refractivity contribution is 0.835. The van der Waals surface area contributed by atoms with Crippen LogP contribution in [0.2, 0.25) is 0 Å². The van der Waals surface area contributed by atoms with E-state index in [0.717, 1.165) is 17.5 Å². The molecule has 0 spiro atoms. The summed E-state index contributed by atoms with van der Waals surface area (Å²) in [5.74, 6) is 0. The molecule has 0 amide bonds. The van der Waals surface area contributed by atoms with Gasteiger partial charge in [-0.15, -0.1) is 0 Å². The number of hydrazone groups is 1. The molecule has 0 unspecified atom stereocenters. The van der Waals surface area contributed by atoms with Gasteiger partial charge < -0.3 is 10.3 Å². The minimum atomic E-state index is 0.157. The molecule has 0 fully saturated rings. The molecule has 0 aliphatic rings. The maximum Gasteiger partial charge on any atom is 0.184 e. The predicted molar refractivity (Wildman–Crippen MR) is 99.7 cm³/mol. The van der Waals surface area contributed by atoms with Gasteiger partial charge in [-0.05, 0) is 30.8 Å². The molecule has 116 valence electrons. The van der Waals surface area contributed by atoms with Crippen LogP contribution in [-0.2, 0) is 6.54 Å². The summed E-state index contributed by atoms with van der Waals surface area (Å²) in [5.41, 5.74) is 12.7. The van der Waals surface area contributed by atoms with Crippen LogP contribution in [0.25, 0.3) is 10.9 Å². The van der Waals surface area contributed by atoms with Crippen molar-refractivity contribution in [3.05, 3.63) is 71.4 Å². The number of nitrogens with zero attached hydrogens (tertiary/aromatic N) is 2. The van der Waals surface area contributed by atoms with Gasteiger partial charge in [0.1, 0.15) is 0 Å². The predicted octanol–water partition coefficient (Wildman–Crippen LogP) is 3.17. The summed E-state index contributed by atoms with van der Waals surface area (Å²) in [7, 11) is 0. The van der Waals surface area contributed by atoms with Crippen LogP contribution in [0.3, 0.4) is 0 Å². The zero-order valence-corrected chi connectivity index (χ0v) is 13.7. The van der Waals surface area contributed by atoms with Crippen LogP contribution in [0.1, 0.15) is 16.7 Å². The van der Waals surface area contributed by atoms with Crippen LogP contribution in [0, 0.1) is 6.92 Å². The third kappa shape index (κ3) is 3.57. The molecule has 23 heavy (non-hydrogen) atoms. The Kier molecular flexibility index (Phi) is 4.39. The lowest BCUT2D eigenvalue weighted by Crippen LogP contribution is -2.23. The maximum absolute atomic E-state index is 5.39. The number of fused-ring (bicyclic) bond motifs is 1. The highest BCUT2D eigenvalue weighted by molar-refractivity contribution is 7.80. The summed E-state index contributed by atoms with van der Waals surface area (Å²) >= 11 is 4.76. The van der Waals surface area contributed by atoms with Crippen molar-refractivity contribution in [2.24, 2.45) is 10.8 Å². The number of rotatable bonds is 4. The molecule has 0 radical (unpaired) electrons. The largest absolute Gasteiger partial charge is 0.375 e. The van der Waals surface area contributed by atoms with E-state index in [1.165, 1.54) is 16.6 Å². The van der Waals surface area contributed by atoms with Crippen LogP contribution in [0.15, 0.2) is 59.8 Å². The van der Waals surface area contributed by atoms with E-state index in [-0.39, 0.29) is 5.11 Å². The molecule has 1 heterocycles. The van der Waals surface area contributed by atoms with Crippen LogP contribution in [0.5, 0.6) is 0 Å². The number of hydrogen-bond donors (Lipinski definition) is 2. The molecule has 3 N–H and O–H groups in total. The molecule has 2 aromatic carbocycles. The van der Waals surface area contributed by atoms with Crippen molar-refractivity contribution < 1.29 is 0 Å². The number of aryl methyl sites for hydroxylation is 1. The second-order valence-corrected chi connectivity index (χ2v) is 5.89. The topological polar surface area (TPSA) is 55.3 Å². The first-order valence-corrected chi connectivity index (χ1v) is 7.76. The summed E-state index contributed by atoms with van der Waals surface area (Å²) in [6.45, 7) is 2.93. The second-order valence-electron chi connectivity index (χ2n) is 5.45. The van der Waals surface area contributed by atoms with E-state index in [9.17, 15) is 0 Å². The Morgan fingerprint density at radius 1 is 1.26 bits per heavy atom. The fourth-order valence-corrected chi connectivity index (χ4v) is 2.73. The van der Waals surface area contributed by atoms with Crippen molar-refractivity contribution in [1.29, 1.82) is 0 Å². The van der Waals surface area contributed by atoms with Crippen LogP contribution in [0.4, 0.5) is 0 Å². The van der Waals surface area contributed by atoms with E-state index in [0.29, 0.717) is 0 Å². The quantitative estimate of drug-likeness (QED) is 0.441. The summed E-state index contributed by atoms with van der Waals surface area (Å²) in [4.78, 5) is 0. The zero-order chi connectivity index (χ0) is 16.2. The van der Waals surface area contributed by atoms with E-state index in [1.807, 2.05) is 12.1 Å². The third-order valence-electron chi connectivity index (χ3n) is 3.63. The van der Waals surface area contributed by atoms with Crippen molar-refractivity contribution in [3.63, 3.8) is 0 Å². The fourth-order valence-electron chi connectivity index (χ4n) is 2.68. The molecule has 0 atom stereocenters. The van der Waals surface area contributed by atoms with Crippen LogP contribution >= 0.6 is 12.2 Å². The first-order chi connectivity index (χ1) is 11.1. The average molecular weight is 322 g/mol. The van der Waals surface area contributed by atoms with Crippen LogP contribution in [-0.4, -0.2) is 15.9 Å². The third-order valence-corrected chi connectivity index (χ3v) is 3.72. The van der Waals surface area contributed by atoms with Gasteiger partial charge in [0.25, 0.3) is 0 Å². The van der Waals surface area contributed by atoms with Gasteiger partial charge in [0.2, 0.25) is 0 Å². The molecular formula is C18H18N4S. The Hall–Kier alpha value is -2.66. The first-order valence-electron chi connectivity index (χ1n) is 7.35. The number of aromatic nitrogens is 1. The van der Waals surface area contributed by atoms with Crippen molar-refractivity contribution in [3.8, 4) is 0 Å². The molecular weight excluding hydrogens is 304 g/mol. The number of nitrogens with one attached hydrogen (secondary N) is 1. The Labute approximate surface area is 140 Å². The minimum Gasteiger partial charge on any atom is -0.375 e. The highest BCUT2D eigenvalue weighted by atomic mass is 32.1. The molecule has 0 saturated carbocycles. The van der Waals surface area contributed by atoms with Gasteiger partial charge in [0, 0.05) is 29.2 Å². The lowest BCUT2D eigenvalue weighted by Gasteiger charge is -2.06. The second kappa shape index (κ2) is 6.62. The summed E-state index contributed by atoms with van der Waals surface area (Å²) in [5, 5.41) is 5.38. The molecule has 0 saturated heterocycles. The average Bonchev–Trinajstić information content (AvgIpc) is 2.85. The van der Waals surface area contributed by atoms with Gasteiger partial charge in [-0.3, -0.25) is 5.43 Å². The Morgan fingerprint density at radius 3 is 2.87 bits per heavy atom. The fraction of sp³-hybridized carbons (Fsp3) is 0.111. The molecule has 5 heteroatoms. The number of benzene rings is 2. The van der Waals surface area contributed by atoms with E-state index in [1.54, 1.807) is 6.21 Å². The first kappa shape index (κ1) is 15.2. The van der Waals surface area contributed by atoms with Gasteiger partial charge in [0.05, 0.1) is 6.21 Å². The molecule has 1 aromatic heterocycles. The van der Waals surface area contributed by atoms with Crippen molar-refractivity contribution in [2.75, 3.05) is 0 Å². The van der Waals surface area contributed by atoms with Gasteiger partial charge >= 0.3 is 0 Å². The smallest absolute Gasteiger partial charge is 0.184 e. The summed E-state index contributed by atoms with van der Waals surface area (Å²) in [6.07, 6.45) is 3.84. The number of para-hydroxylation sites is 1.